The summed E-state index contributed by atoms with van der Waals surface area (Å²) in [4.78, 5) is 3.97. The number of para-hydroxylation sites is 1. The van der Waals surface area contributed by atoms with E-state index in [0.717, 1.165) is 6.07 Å². The number of nitrogens with one attached hydrogen (secondary N) is 1. The van der Waals surface area contributed by atoms with Crippen molar-refractivity contribution in [3.63, 3.8) is 0 Å². The van der Waals surface area contributed by atoms with E-state index < -0.39 is 11.7 Å². The van der Waals surface area contributed by atoms with Crippen molar-refractivity contribution < 1.29 is 13.2 Å². The Morgan fingerprint density at radius 2 is 1.75 bits per heavy atom. The summed E-state index contributed by atoms with van der Waals surface area (Å²) >= 11 is 4.83. The summed E-state index contributed by atoms with van der Waals surface area (Å²) in [7, 11) is 0. The second-order valence-corrected chi connectivity index (χ2v) is 4.37. The van der Waals surface area contributed by atoms with Gasteiger partial charge < -0.3 is 11.1 Å². The quantitative estimate of drug-likeness (QED) is 0.852. The number of rotatable bonds is 3. The number of nitrogens with zero attached hydrogens (tertiary/aromatic N) is 1. The Morgan fingerprint density at radius 3 is 2.40 bits per heavy atom. The van der Waals surface area contributed by atoms with Gasteiger partial charge in [-0.05, 0) is 24.3 Å². The zero-order valence-corrected chi connectivity index (χ0v) is 10.9. The summed E-state index contributed by atoms with van der Waals surface area (Å²) in [6, 6.07) is 8.31. The molecule has 0 saturated heterocycles. The number of halogens is 3. The topological polar surface area (TPSA) is 50.9 Å². The summed E-state index contributed by atoms with van der Waals surface area (Å²) in [5, 5.41) is 2.68. The highest BCUT2D eigenvalue weighted by molar-refractivity contribution is 7.80. The van der Waals surface area contributed by atoms with Gasteiger partial charge in [-0.2, -0.15) is 13.2 Å². The van der Waals surface area contributed by atoms with E-state index in [1.54, 1.807) is 12.1 Å². The number of anilines is 2. The molecule has 0 amide bonds. The molecular weight excluding hydrogens is 287 g/mol. The minimum Gasteiger partial charge on any atom is -0.388 e. The van der Waals surface area contributed by atoms with Crippen LogP contribution in [0.3, 0.4) is 0 Å². The number of hydrogen-bond acceptors (Lipinski definition) is 3. The summed E-state index contributed by atoms with van der Waals surface area (Å²) in [5.41, 5.74) is 5.23. The number of pyridine rings is 1. The fourth-order valence-electron chi connectivity index (χ4n) is 1.69. The highest BCUT2D eigenvalue weighted by Crippen LogP contribution is 2.36. The number of hydrogen-bond donors (Lipinski definition) is 2. The average Bonchev–Trinajstić information content (AvgIpc) is 2.38. The molecule has 20 heavy (non-hydrogen) atoms. The normalized spacial score (nSPS) is 11.2. The molecule has 0 aliphatic heterocycles. The summed E-state index contributed by atoms with van der Waals surface area (Å²) in [5.74, 6) is 0. The number of thiocarbonyl (C=S) groups is 1. The van der Waals surface area contributed by atoms with Crippen LogP contribution < -0.4 is 11.1 Å². The Labute approximate surface area is 118 Å². The maximum absolute atomic E-state index is 12.9. The Bertz CT molecular complexity index is 641. The number of benzene rings is 1. The standard InChI is InChI=1S/C13H10F3N3S/c14-13(15,16)8-4-1-2-5-9(8)19-10-6-3-7-18-11(10)12(17)20/h1-7,19H,(H2,17,20). The Hall–Kier alpha value is -2.15. The van der Waals surface area contributed by atoms with Crippen molar-refractivity contribution in [1.82, 2.24) is 4.98 Å². The van der Waals surface area contributed by atoms with Crippen LogP contribution in [-0.2, 0) is 6.18 Å². The average molecular weight is 297 g/mol. The van der Waals surface area contributed by atoms with E-state index in [9.17, 15) is 13.2 Å². The van der Waals surface area contributed by atoms with Crippen LogP contribution in [0.4, 0.5) is 24.5 Å². The zero-order chi connectivity index (χ0) is 14.8. The maximum atomic E-state index is 12.9. The van der Waals surface area contributed by atoms with Crippen molar-refractivity contribution in [1.29, 1.82) is 0 Å². The summed E-state index contributed by atoms with van der Waals surface area (Å²) < 4.78 is 38.7. The van der Waals surface area contributed by atoms with E-state index in [0.29, 0.717) is 5.69 Å². The van der Waals surface area contributed by atoms with Gasteiger partial charge in [-0.25, -0.2) is 0 Å². The smallest absolute Gasteiger partial charge is 0.388 e. The lowest BCUT2D eigenvalue weighted by Gasteiger charge is -2.15. The van der Waals surface area contributed by atoms with Crippen molar-refractivity contribution in [2.45, 2.75) is 6.18 Å². The van der Waals surface area contributed by atoms with Gasteiger partial charge in [0.2, 0.25) is 0 Å². The second kappa shape index (κ2) is 5.46. The molecule has 0 unspecified atom stereocenters. The first-order valence-corrected chi connectivity index (χ1v) is 5.98. The minimum atomic E-state index is -4.45. The molecule has 0 fully saturated rings. The van der Waals surface area contributed by atoms with Crippen LogP contribution in [0, 0.1) is 0 Å². The molecule has 0 atom stereocenters. The molecule has 0 bridgehead atoms. The van der Waals surface area contributed by atoms with Gasteiger partial charge >= 0.3 is 6.18 Å². The number of aromatic nitrogens is 1. The number of nitrogens with two attached hydrogens (primary N) is 1. The van der Waals surface area contributed by atoms with Crippen molar-refractivity contribution in [3.8, 4) is 0 Å². The molecule has 3 N–H and O–H groups in total. The van der Waals surface area contributed by atoms with Gasteiger partial charge in [0.15, 0.2) is 0 Å². The Kier molecular flexibility index (Phi) is 3.89. The van der Waals surface area contributed by atoms with Crippen LogP contribution in [0.1, 0.15) is 11.3 Å². The van der Waals surface area contributed by atoms with Gasteiger partial charge in [0, 0.05) is 6.20 Å². The van der Waals surface area contributed by atoms with Crippen molar-refractivity contribution in [2.75, 3.05) is 5.32 Å². The van der Waals surface area contributed by atoms with Gasteiger partial charge in [-0.1, -0.05) is 24.4 Å². The highest BCUT2D eigenvalue weighted by atomic mass is 32.1. The molecule has 0 aliphatic carbocycles. The molecule has 0 spiro atoms. The van der Waals surface area contributed by atoms with Gasteiger partial charge in [0.1, 0.15) is 10.7 Å². The first-order chi connectivity index (χ1) is 9.39. The monoisotopic (exact) mass is 297 g/mol. The highest BCUT2D eigenvalue weighted by Gasteiger charge is 2.33. The molecule has 3 nitrogen and oxygen atoms in total. The third-order valence-electron chi connectivity index (χ3n) is 2.54. The molecule has 1 heterocycles. The molecule has 1 aromatic heterocycles. The lowest BCUT2D eigenvalue weighted by Crippen LogP contribution is -2.15. The molecule has 1 aromatic carbocycles. The van der Waals surface area contributed by atoms with Crippen LogP contribution in [0.2, 0.25) is 0 Å². The first kappa shape index (κ1) is 14.3. The lowest BCUT2D eigenvalue weighted by atomic mass is 10.1. The maximum Gasteiger partial charge on any atom is 0.418 e. The van der Waals surface area contributed by atoms with Crippen molar-refractivity contribution >= 4 is 28.6 Å². The molecule has 0 radical (unpaired) electrons. The summed E-state index contributed by atoms with van der Waals surface area (Å²) in [6.45, 7) is 0. The zero-order valence-electron chi connectivity index (χ0n) is 10.1. The third-order valence-corrected chi connectivity index (χ3v) is 2.74. The molecule has 2 rings (SSSR count). The van der Waals surface area contributed by atoms with Crippen LogP contribution in [-0.4, -0.2) is 9.97 Å². The third kappa shape index (κ3) is 3.05. The van der Waals surface area contributed by atoms with E-state index >= 15 is 0 Å². The minimum absolute atomic E-state index is 0.0117. The van der Waals surface area contributed by atoms with Crippen LogP contribution in [0.15, 0.2) is 42.6 Å². The SMILES string of the molecule is NC(=S)c1ncccc1Nc1ccccc1C(F)(F)F. The van der Waals surface area contributed by atoms with E-state index in [2.05, 4.69) is 10.3 Å². The molecule has 0 saturated carbocycles. The van der Waals surface area contributed by atoms with E-state index in [1.807, 2.05) is 0 Å². The van der Waals surface area contributed by atoms with Gasteiger partial charge in [0.25, 0.3) is 0 Å². The number of alkyl halides is 3. The Morgan fingerprint density at radius 1 is 1.10 bits per heavy atom. The van der Waals surface area contributed by atoms with Gasteiger partial charge in [-0.15, -0.1) is 0 Å². The fourth-order valence-corrected chi connectivity index (χ4v) is 1.85. The largest absolute Gasteiger partial charge is 0.418 e. The van der Waals surface area contributed by atoms with E-state index in [4.69, 9.17) is 18.0 Å². The predicted octanol–water partition coefficient (Wildman–Crippen LogP) is 3.48. The van der Waals surface area contributed by atoms with Crippen LogP contribution >= 0.6 is 12.2 Å². The van der Waals surface area contributed by atoms with Crippen LogP contribution in [0.5, 0.6) is 0 Å². The Balaban J connectivity index is 2.44. The van der Waals surface area contributed by atoms with Crippen molar-refractivity contribution in [3.05, 3.63) is 53.9 Å². The van der Waals surface area contributed by atoms with Gasteiger partial charge in [-0.3, -0.25) is 4.98 Å². The van der Waals surface area contributed by atoms with Crippen LogP contribution in [0.25, 0.3) is 0 Å². The molecule has 0 aliphatic rings. The summed E-state index contributed by atoms with van der Waals surface area (Å²) in [6.07, 6.45) is -2.98. The van der Waals surface area contributed by atoms with Gasteiger partial charge in [0.05, 0.1) is 16.9 Å². The first-order valence-electron chi connectivity index (χ1n) is 5.57. The van der Waals surface area contributed by atoms with E-state index in [-0.39, 0.29) is 16.4 Å². The lowest BCUT2D eigenvalue weighted by molar-refractivity contribution is -0.136. The molecule has 7 heteroatoms. The van der Waals surface area contributed by atoms with Crippen molar-refractivity contribution in [2.24, 2.45) is 5.73 Å². The predicted molar refractivity (Wildman–Crippen MR) is 74.9 cm³/mol. The van der Waals surface area contributed by atoms with E-state index in [1.165, 1.54) is 24.4 Å². The molecular formula is C13H10F3N3S. The second-order valence-electron chi connectivity index (χ2n) is 3.93. The fraction of sp³-hybridized carbons (Fsp3) is 0.0769. The molecule has 104 valence electrons. The molecule has 2 aromatic rings.